The molecule has 1 aliphatic rings. The van der Waals surface area contributed by atoms with E-state index in [-0.39, 0.29) is 0 Å². The van der Waals surface area contributed by atoms with Crippen LogP contribution in [0.4, 0.5) is 0 Å². The van der Waals surface area contributed by atoms with Crippen LogP contribution in [0.25, 0.3) is 0 Å². The summed E-state index contributed by atoms with van der Waals surface area (Å²) in [4.78, 5) is 0. The summed E-state index contributed by atoms with van der Waals surface area (Å²) in [6, 6.07) is 0. The molecule has 1 rings (SSSR count). The van der Waals surface area contributed by atoms with E-state index in [1.165, 1.54) is 0 Å². The molecule has 0 aliphatic carbocycles. The predicted molar refractivity (Wildman–Crippen MR) is 100 cm³/mol. The lowest BCUT2D eigenvalue weighted by Crippen LogP contribution is -2.96. The van der Waals surface area contributed by atoms with Gasteiger partial charge in [0.05, 0.1) is 0 Å². The van der Waals surface area contributed by atoms with Crippen LogP contribution >= 0.6 is 0 Å². The summed E-state index contributed by atoms with van der Waals surface area (Å²) < 4.78 is 0. The molecule has 0 unspecified atom stereocenters. The summed E-state index contributed by atoms with van der Waals surface area (Å²) in [5.74, 6) is 0. The van der Waals surface area contributed by atoms with E-state index in [0.717, 1.165) is 0 Å². The van der Waals surface area contributed by atoms with Gasteiger partial charge >= 0.3 is 0 Å². The Balaban J connectivity index is 3.56. The zero-order chi connectivity index (χ0) is 14.1. The minimum Gasteiger partial charge on any atom is -0.0760 e. The number of hydrogen-bond donors (Lipinski definition) is 0. The van der Waals surface area contributed by atoms with E-state index in [9.17, 15) is 0 Å². The fourth-order valence-corrected chi connectivity index (χ4v) is 245. The summed E-state index contributed by atoms with van der Waals surface area (Å²) in [5, 5.41) is 0. The summed E-state index contributed by atoms with van der Waals surface area (Å²) in [6.45, 7) is 31.1. The smallest absolute Gasteiger partial charge is 0.0307 e. The molecule has 0 saturated carbocycles. The molecule has 1 fully saturated rings. The molecule has 102 valence electrons. The van der Waals surface area contributed by atoms with E-state index >= 15 is 0 Å². The molecule has 1 aliphatic heterocycles. The number of hydrogen-bond acceptors (Lipinski definition) is 0. The molecule has 6 heteroatoms. The maximum absolute atomic E-state index is 2.83. The molecule has 0 bridgehead atoms. The Morgan fingerprint density at radius 1 is 0.471 bits per heavy atom. The van der Waals surface area contributed by atoms with Crippen LogP contribution in [-0.4, -0.2) is 43.4 Å². The normalized spacial score (nSPS) is 33.4. The van der Waals surface area contributed by atoms with Crippen molar-refractivity contribution >= 4 is 43.4 Å². The van der Waals surface area contributed by atoms with Crippen molar-refractivity contribution in [1.29, 1.82) is 0 Å². The van der Waals surface area contributed by atoms with Crippen LogP contribution < -0.4 is 0 Å². The topological polar surface area (TPSA) is 0 Å². The second kappa shape index (κ2) is 3.91. The second-order valence-electron chi connectivity index (χ2n) is 9.04. The highest BCUT2D eigenvalue weighted by molar-refractivity contribution is 8.10. The van der Waals surface area contributed by atoms with Gasteiger partial charge in [0.2, 0.25) is 0 Å². The summed E-state index contributed by atoms with van der Waals surface area (Å²) in [7, 11) is -4.82. The molecule has 0 atom stereocenters. The summed E-state index contributed by atoms with van der Waals surface area (Å²) >= 11 is 0. The molecule has 0 aromatic rings. The van der Waals surface area contributed by atoms with E-state index < -0.39 is 43.4 Å². The Labute approximate surface area is 115 Å². The lowest BCUT2D eigenvalue weighted by Gasteiger charge is -2.68. The van der Waals surface area contributed by atoms with Gasteiger partial charge in [-0.1, -0.05) is 72.0 Å². The van der Waals surface area contributed by atoms with E-state index in [1.807, 2.05) is 0 Å². The van der Waals surface area contributed by atoms with Crippen LogP contribution in [0, 0.1) is 0 Å². The van der Waals surface area contributed by atoms with Gasteiger partial charge in [0.1, 0.15) is 0 Å². The van der Waals surface area contributed by atoms with E-state index in [2.05, 4.69) is 72.0 Å². The number of rotatable bonds is 0. The van der Waals surface area contributed by atoms with Crippen molar-refractivity contribution in [3.05, 3.63) is 0 Å². The minimum atomic E-state index is -0.922. The van der Waals surface area contributed by atoms with Crippen molar-refractivity contribution in [2.75, 3.05) is 0 Å². The van der Waals surface area contributed by atoms with Crippen molar-refractivity contribution in [3.63, 3.8) is 0 Å². The molecule has 0 nitrogen and oxygen atoms in total. The summed E-state index contributed by atoms with van der Waals surface area (Å²) in [5.41, 5.74) is 0. The molecular formula is C11H34Si6. The molecule has 1 heterocycles. The van der Waals surface area contributed by atoms with Crippen molar-refractivity contribution < 1.29 is 0 Å². The largest absolute Gasteiger partial charge is 0.0760 e. The minimum absolute atomic E-state index is 0.409. The van der Waals surface area contributed by atoms with Crippen molar-refractivity contribution in [2.45, 2.75) is 72.0 Å². The zero-order valence-electron chi connectivity index (χ0n) is 14.1. The lowest BCUT2D eigenvalue weighted by atomic mass is 11.9. The highest BCUT2D eigenvalue weighted by Gasteiger charge is 2.71. The predicted octanol–water partition coefficient (Wildman–Crippen LogP) is 3.87. The third kappa shape index (κ3) is 1.67. The van der Waals surface area contributed by atoms with E-state index in [1.54, 1.807) is 0 Å². The van der Waals surface area contributed by atoms with Gasteiger partial charge in [-0.25, -0.2) is 0 Å². The fraction of sp³-hybridized carbons (Fsp3) is 1.00. The quantitative estimate of drug-likeness (QED) is 0.590. The van der Waals surface area contributed by atoms with Crippen molar-refractivity contribution in [3.8, 4) is 0 Å². The van der Waals surface area contributed by atoms with Gasteiger partial charge in [0.15, 0.2) is 0 Å². The van der Waals surface area contributed by atoms with Crippen molar-refractivity contribution in [1.82, 2.24) is 0 Å². The highest BCUT2D eigenvalue weighted by Crippen LogP contribution is 2.46. The fourth-order valence-electron chi connectivity index (χ4n) is 4.38. The molecule has 0 radical (unpaired) electrons. The maximum Gasteiger partial charge on any atom is 0.0307 e. The van der Waals surface area contributed by atoms with Gasteiger partial charge in [-0.3, -0.25) is 0 Å². The van der Waals surface area contributed by atoms with Crippen LogP contribution in [0.15, 0.2) is 0 Å². The van der Waals surface area contributed by atoms with Crippen LogP contribution in [-0.2, 0) is 0 Å². The zero-order valence-corrected chi connectivity index (χ0v) is 20.2. The average molecular weight is 335 g/mol. The first-order chi connectivity index (χ1) is 7.15. The van der Waals surface area contributed by atoms with Gasteiger partial charge in [-0.2, -0.15) is 0 Å². The first-order valence-electron chi connectivity index (χ1n) is 7.15. The highest BCUT2D eigenvalue weighted by atomic mass is 30.2. The molecule has 0 N–H and O–H groups in total. The van der Waals surface area contributed by atoms with E-state index in [4.69, 9.17) is 0 Å². The molecule has 0 spiro atoms. The Bertz CT molecular complexity index is 299. The monoisotopic (exact) mass is 334 g/mol. The van der Waals surface area contributed by atoms with Crippen LogP contribution in [0.5, 0.6) is 0 Å². The van der Waals surface area contributed by atoms with Gasteiger partial charge < -0.3 is 0 Å². The van der Waals surface area contributed by atoms with Gasteiger partial charge in [-0.15, -0.1) is 0 Å². The Hall–Kier alpha value is 1.30. The second-order valence-corrected chi connectivity index (χ2v) is 80.9. The van der Waals surface area contributed by atoms with Crippen LogP contribution in [0.2, 0.25) is 72.0 Å². The average Bonchev–Trinajstić information content (AvgIpc) is 2.13. The molecule has 0 aromatic carbocycles. The Morgan fingerprint density at radius 2 is 0.706 bits per heavy atom. The first kappa shape index (κ1) is 16.4. The standard InChI is InChI=1S/C11H34Si6/c1-12-13(2,3)15(6,7)17(10,11)16(8,9)14(12,4)5/h12H,1-11H3. The third-order valence-corrected chi connectivity index (χ3v) is 159. The van der Waals surface area contributed by atoms with Crippen LogP contribution in [0.1, 0.15) is 0 Å². The molecule has 1 saturated heterocycles. The molecular weight excluding hydrogens is 301 g/mol. The SMILES string of the molecule is C[SiH]1[Si](C)(C)[Si](C)(C)[Si](C)(C)[Si](C)(C)[Si]1(C)C. The van der Waals surface area contributed by atoms with Gasteiger partial charge in [0, 0.05) is 43.4 Å². The summed E-state index contributed by atoms with van der Waals surface area (Å²) in [6.07, 6.45) is 0. The van der Waals surface area contributed by atoms with Gasteiger partial charge in [0.25, 0.3) is 0 Å². The lowest BCUT2D eigenvalue weighted by molar-refractivity contribution is 1.75. The Morgan fingerprint density at radius 3 is 0.941 bits per heavy atom. The molecule has 0 aromatic heterocycles. The Kier molecular flexibility index (Phi) is 3.76. The van der Waals surface area contributed by atoms with E-state index in [0.29, 0.717) is 0 Å². The first-order valence-corrected chi connectivity index (χ1v) is 30.9. The van der Waals surface area contributed by atoms with Crippen molar-refractivity contribution in [2.24, 2.45) is 0 Å². The molecule has 0 amide bonds. The third-order valence-electron chi connectivity index (χ3n) is 8.51. The maximum atomic E-state index is 2.83. The van der Waals surface area contributed by atoms with Crippen LogP contribution in [0.3, 0.4) is 0 Å². The van der Waals surface area contributed by atoms with Gasteiger partial charge in [-0.05, 0) is 0 Å². The molecule has 17 heavy (non-hydrogen) atoms.